The Bertz CT molecular complexity index is 558. The standard InChI is InChI=1S/C28H46O2/c1-4-7-9-11-13-15-17-19-23-29-27-22-21-26(6-3)25-28(27)30-24-20-18-16-14-12-10-8-5-2/h3,21-22,25H,4-5,7-20,23-24H2,1-2H3. The average Bonchev–Trinajstić information content (AvgIpc) is 2.77. The van der Waals surface area contributed by atoms with E-state index in [1.54, 1.807) is 0 Å². The van der Waals surface area contributed by atoms with Crippen LogP contribution in [-0.2, 0) is 0 Å². The molecule has 0 aliphatic heterocycles. The van der Waals surface area contributed by atoms with Crippen LogP contribution in [0.3, 0.4) is 0 Å². The Hall–Kier alpha value is -1.62. The average molecular weight is 415 g/mol. The predicted octanol–water partition coefficient (Wildman–Crippen LogP) is 8.71. The maximum atomic E-state index is 6.04. The van der Waals surface area contributed by atoms with E-state index in [0.29, 0.717) is 0 Å². The van der Waals surface area contributed by atoms with Crippen molar-refractivity contribution in [1.29, 1.82) is 0 Å². The van der Waals surface area contributed by atoms with Gasteiger partial charge in [0.05, 0.1) is 13.2 Å². The molecule has 0 radical (unpaired) electrons. The van der Waals surface area contributed by atoms with Crippen molar-refractivity contribution in [3.63, 3.8) is 0 Å². The van der Waals surface area contributed by atoms with Gasteiger partial charge in [0.2, 0.25) is 0 Å². The summed E-state index contributed by atoms with van der Waals surface area (Å²) in [5.41, 5.74) is 0.848. The van der Waals surface area contributed by atoms with E-state index in [9.17, 15) is 0 Å². The van der Waals surface area contributed by atoms with E-state index in [1.165, 1.54) is 89.9 Å². The van der Waals surface area contributed by atoms with Crippen LogP contribution in [0.4, 0.5) is 0 Å². The molecule has 0 heterocycles. The molecule has 30 heavy (non-hydrogen) atoms. The Morgan fingerprint density at radius 2 is 1.03 bits per heavy atom. The van der Waals surface area contributed by atoms with Crippen LogP contribution in [0.5, 0.6) is 11.5 Å². The van der Waals surface area contributed by atoms with E-state index in [2.05, 4.69) is 19.8 Å². The number of terminal acetylenes is 1. The zero-order valence-electron chi connectivity index (χ0n) is 19.9. The molecule has 1 rings (SSSR count). The van der Waals surface area contributed by atoms with Gasteiger partial charge in [0.15, 0.2) is 11.5 Å². The molecule has 170 valence electrons. The lowest BCUT2D eigenvalue weighted by molar-refractivity contribution is 0.258. The molecular formula is C28H46O2. The third-order valence-electron chi connectivity index (χ3n) is 5.62. The molecule has 0 N–H and O–H groups in total. The summed E-state index contributed by atoms with van der Waals surface area (Å²) < 4.78 is 12.1. The van der Waals surface area contributed by atoms with Gasteiger partial charge in [-0.15, -0.1) is 6.42 Å². The van der Waals surface area contributed by atoms with Crippen molar-refractivity contribution >= 4 is 0 Å². The number of rotatable bonds is 20. The lowest BCUT2D eigenvalue weighted by atomic mass is 10.1. The van der Waals surface area contributed by atoms with Gasteiger partial charge in [0.25, 0.3) is 0 Å². The van der Waals surface area contributed by atoms with Gasteiger partial charge in [-0.3, -0.25) is 0 Å². The topological polar surface area (TPSA) is 18.5 Å². The fourth-order valence-electron chi connectivity index (χ4n) is 3.67. The van der Waals surface area contributed by atoms with E-state index in [0.717, 1.165) is 43.1 Å². The minimum atomic E-state index is 0.733. The summed E-state index contributed by atoms with van der Waals surface area (Å²) in [5.74, 6) is 4.33. The van der Waals surface area contributed by atoms with Crippen molar-refractivity contribution in [1.82, 2.24) is 0 Å². The quantitative estimate of drug-likeness (QED) is 0.157. The lowest BCUT2D eigenvalue weighted by Crippen LogP contribution is -2.03. The predicted molar refractivity (Wildman–Crippen MR) is 131 cm³/mol. The van der Waals surface area contributed by atoms with Crippen LogP contribution in [-0.4, -0.2) is 13.2 Å². The van der Waals surface area contributed by atoms with E-state index in [4.69, 9.17) is 15.9 Å². The van der Waals surface area contributed by atoms with E-state index in [1.807, 2.05) is 18.2 Å². The highest BCUT2D eigenvalue weighted by molar-refractivity contribution is 5.47. The third-order valence-corrected chi connectivity index (χ3v) is 5.62. The molecule has 0 aliphatic rings. The van der Waals surface area contributed by atoms with Gasteiger partial charge in [-0.25, -0.2) is 0 Å². The van der Waals surface area contributed by atoms with Crippen LogP contribution in [0.2, 0.25) is 0 Å². The van der Waals surface area contributed by atoms with Crippen LogP contribution < -0.4 is 9.47 Å². The summed E-state index contributed by atoms with van der Waals surface area (Å²) in [4.78, 5) is 0. The third kappa shape index (κ3) is 13.6. The Balaban J connectivity index is 2.23. The fourth-order valence-corrected chi connectivity index (χ4v) is 3.67. The molecule has 0 aromatic heterocycles. The first-order valence-corrected chi connectivity index (χ1v) is 12.7. The number of unbranched alkanes of at least 4 members (excludes halogenated alkanes) is 14. The van der Waals surface area contributed by atoms with Crippen molar-refractivity contribution in [2.75, 3.05) is 13.2 Å². The smallest absolute Gasteiger partial charge is 0.162 e. The molecule has 0 amide bonds. The first-order chi connectivity index (χ1) is 14.8. The Kier molecular flexibility index (Phi) is 17.0. The Morgan fingerprint density at radius 1 is 0.600 bits per heavy atom. The van der Waals surface area contributed by atoms with Crippen molar-refractivity contribution < 1.29 is 9.47 Å². The van der Waals surface area contributed by atoms with Crippen molar-refractivity contribution in [2.45, 2.75) is 117 Å². The maximum Gasteiger partial charge on any atom is 0.162 e. The largest absolute Gasteiger partial charge is 0.490 e. The number of benzene rings is 1. The van der Waals surface area contributed by atoms with Gasteiger partial charge >= 0.3 is 0 Å². The molecule has 0 saturated carbocycles. The first-order valence-electron chi connectivity index (χ1n) is 12.7. The van der Waals surface area contributed by atoms with Gasteiger partial charge in [-0.05, 0) is 31.0 Å². The summed E-state index contributed by atoms with van der Waals surface area (Å²) in [6.07, 6.45) is 26.4. The maximum absolute atomic E-state index is 6.04. The molecule has 0 bridgehead atoms. The zero-order valence-corrected chi connectivity index (χ0v) is 19.9. The van der Waals surface area contributed by atoms with E-state index >= 15 is 0 Å². The summed E-state index contributed by atoms with van der Waals surface area (Å²) in [6.45, 7) is 6.01. The summed E-state index contributed by atoms with van der Waals surface area (Å²) >= 11 is 0. The van der Waals surface area contributed by atoms with Gasteiger partial charge in [-0.1, -0.05) is 110 Å². The minimum absolute atomic E-state index is 0.733. The van der Waals surface area contributed by atoms with Gasteiger partial charge in [-0.2, -0.15) is 0 Å². The van der Waals surface area contributed by atoms with Gasteiger partial charge in [0.1, 0.15) is 0 Å². The van der Waals surface area contributed by atoms with Crippen molar-refractivity contribution in [3.05, 3.63) is 23.8 Å². The normalized spacial score (nSPS) is 10.7. The summed E-state index contributed by atoms with van der Waals surface area (Å²) in [5, 5.41) is 0. The highest BCUT2D eigenvalue weighted by Gasteiger charge is 2.06. The fraction of sp³-hybridized carbons (Fsp3) is 0.714. The van der Waals surface area contributed by atoms with Crippen molar-refractivity contribution in [3.8, 4) is 23.8 Å². The first kappa shape index (κ1) is 26.4. The second kappa shape index (κ2) is 19.3. The molecular weight excluding hydrogens is 368 g/mol. The highest BCUT2D eigenvalue weighted by Crippen LogP contribution is 2.29. The number of ether oxygens (including phenoxy) is 2. The SMILES string of the molecule is C#Cc1ccc(OCCCCCCCCCC)c(OCCCCCCCCCC)c1. The molecule has 0 atom stereocenters. The number of hydrogen-bond donors (Lipinski definition) is 0. The molecule has 0 aliphatic carbocycles. The lowest BCUT2D eigenvalue weighted by Gasteiger charge is -2.13. The second-order valence-electron chi connectivity index (χ2n) is 8.45. The van der Waals surface area contributed by atoms with Crippen molar-refractivity contribution in [2.24, 2.45) is 0 Å². The van der Waals surface area contributed by atoms with Crippen LogP contribution in [0.25, 0.3) is 0 Å². The van der Waals surface area contributed by atoms with Crippen LogP contribution in [0.15, 0.2) is 18.2 Å². The Morgan fingerprint density at radius 3 is 1.50 bits per heavy atom. The summed E-state index contributed by atoms with van der Waals surface area (Å²) in [6, 6.07) is 5.84. The highest BCUT2D eigenvalue weighted by atomic mass is 16.5. The van der Waals surface area contributed by atoms with Crippen LogP contribution in [0, 0.1) is 12.3 Å². The molecule has 2 nitrogen and oxygen atoms in total. The van der Waals surface area contributed by atoms with E-state index < -0.39 is 0 Å². The molecule has 1 aromatic rings. The monoisotopic (exact) mass is 414 g/mol. The van der Waals surface area contributed by atoms with Gasteiger partial charge < -0.3 is 9.47 Å². The summed E-state index contributed by atoms with van der Waals surface area (Å²) in [7, 11) is 0. The second-order valence-corrected chi connectivity index (χ2v) is 8.45. The number of hydrogen-bond acceptors (Lipinski definition) is 2. The van der Waals surface area contributed by atoms with Gasteiger partial charge in [0, 0.05) is 5.56 Å². The molecule has 0 fully saturated rings. The van der Waals surface area contributed by atoms with Crippen LogP contribution in [0.1, 0.15) is 122 Å². The molecule has 0 unspecified atom stereocenters. The molecule has 1 aromatic carbocycles. The minimum Gasteiger partial charge on any atom is -0.490 e. The molecule has 2 heteroatoms. The molecule has 0 spiro atoms. The zero-order chi connectivity index (χ0) is 21.7. The Labute approximate surface area is 187 Å². The van der Waals surface area contributed by atoms with E-state index in [-0.39, 0.29) is 0 Å². The van der Waals surface area contributed by atoms with Crippen LogP contribution >= 0.6 is 0 Å². The molecule has 0 saturated heterocycles.